The third-order valence-corrected chi connectivity index (χ3v) is 5.52. The summed E-state index contributed by atoms with van der Waals surface area (Å²) in [6, 6.07) is 23.1. The van der Waals surface area contributed by atoms with Gasteiger partial charge in [0.25, 0.3) is 0 Å². The average molecular weight is 328 g/mol. The molecule has 25 heavy (non-hydrogen) atoms. The fourth-order valence-electron chi connectivity index (χ4n) is 4.15. The predicted molar refractivity (Wildman–Crippen MR) is 104 cm³/mol. The van der Waals surface area contributed by atoms with E-state index >= 15 is 0 Å². The molecule has 0 atom stereocenters. The molecule has 0 spiro atoms. The Morgan fingerprint density at radius 3 is 2.32 bits per heavy atom. The smallest absolute Gasteiger partial charge is 0.166 e. The minimum Gasteiger partial charge on any atom is -0.294 e. The van der Waals surface area contributed by atoms with Crippen molar-refractivity contribution >= 4 is 16.6 Å². The van der Waals surface area contributed by atoms with Crippen LogP contribution in [0.1, 0.15) is 53.6 Å². The van der Waals surface area contributed by atoms with Gasteiger partial charge in [-0.15, -0.1) is 0 Å². The lowest BCUT2D eigenvalue weighted by molar-refractivity contribution is 0.0888. The molecule has 4 rings (SSSR count). The van der Waals surface area contributed by atoms with Crippen molar-refractivity contribution in [3.8, 4) is 0 Å². The maximum Gasteiger partial charge on any atom is 0.166 e. The molecule has 0 N–H and O–H groups in total. The highest BCUT2D eigenvalue weighted by Gasteiger charge is 2.24. The van der Waals surface area contributed by atoms with Gasteiger partial charge in [-0.05, 0) is 41.2 Å². The van der Waals surface area contributed by atoms with Crippen molar-refractivity contribution in [1.29, 1.82) is 0 Å². The summed E-state index contributed by atoms with van der Waals surface area (Å²) in [5.41, 5.74) is 3.39. The first-order chi connectivity index (χ1) is 12.3. The minimum atomic E-state index is 0.224. The summed E-state index contributed by atoms with van der Waals surface area (Å²) >= 11 is 0. The van der Waals surface area contributed by atoms with Gasteiger partial charge in [0.1, 0.15) is 0 Å². The highest BCUT2D eigenvalue weighted by atomic mass is 16.1. The van der Waals surface area contributed by atoms with Crippen molar-refractivity contribution in [2.45, 2.75) is 38.5 Å². The van der Waals surface area contributed by atoms with E-state index in [4.69, 9.17) is 0 Å². The largest absolute Gasteiger partial charge is 0.294 e. The van der Waals surface area contributed by atoms with E-state index < -0.39 is 0 Å². The number of hydrogen-bond donors (Lipinski definition) is 0. The molecule has 0 heterocycles. The second kappa shape index (κ2) is 7.23. The van der Waals surface area contributed by atoms with Crippen molar-refractivity contribution in [1.82, 2.24) is 0 Å². The summed E-state index contributed by atoms with van der Waals surface area (Å²) in [5, 5.41) is 2.54. The molecule has 0 aromatic heterocycles. The number of fused-ring (bicyclic) bond motifs is 1. The Bertz CT molecular complexity index is 882. The highest BCUT2D eigenvalue weighted by molar-refractivity contribution is 5.99. The number of ketones is 1. The van der Waals surface area contributed by atoms with Crippen LogP contribution in [-0.4, -0.2) is 5.78 Å². The van der Waals surface area contributed by atoms with Gasteiger partial charge < -0.3 is 0 Å². The molecule has 0 bridgehead atoms. The van der Waals surface area contributed by atoms with Crippen LogP contribution >= 0.6 is 0 Å². The highest BCUT2D eigenvalue weighted by Crippen LogP contribution is 2.29. The zero-order valence-electron chi connectivity index (χ0n) is 14.6. The van der Waals surface area contributed by atoms with E-state index in [1.165, 1.54) is 35.6 Å². The molecule has 3 aromatic rings. The minimum absolute atomic E-state index is 0.224. The van der Waals surface area contributed by atoms with Crippen molar-refractivity contribution < 1.29 is 4.79 Å². The number of rotatable bonds is 4. The summed E-state index contributed by atoms with van der Waals surface area (Å²) in [6.07, 6.45) is 6.60. The second-order valence-corrected chi connectivity index (χ2v) is 7.17. The third-order valence-electron chi connectivity index (χ3n) is 5.52. The number of benzene rings is 3. The van der Waals surface area contributed by atoms with Gasteiger partial charge in [-0.2, -0.15) is 0 Å². The molecule has 1 fully saturated rings. The first-order valence-corrected chi connectivity index (χ1v) is 9.42. The lowest BCUT2D eigenvalue weighted by Crippen LogP contribution is -2.19. The lowest BCUT2D eigenvalue weighted by Gasteiger charge is -2.21. The molecule has 3 aromatic carbocycles. The van der Waals surface area contributed by atoms with Crippen LogP contribution in [0.4, 0.5) is 0 Å². The molecule has 0 radical (unpaired) electrons. The maximum absolute atomic E-state index is 13.1. The standard InChI is InChI=1S/C24H24O/c25-24(19-10-2-1-3-11-19)23-16-7-5-12-21(23)17-20-14-8-13-18-9-4-6-15-22(18)20/h4-9,12-16,19H,1-3,10-11,17H2. The van der Waals surface area contributed by atoms with Gasteiger partial charge in [-0.3, -0.25) is 4.79 Å². The number of hydrogen-bond acceptors (Lipinski definition) is 1. The van der Waals surface area contributed by atoms with Gasteiger partial charge in [0.2, 0.25) is 0 Å². The van der Waals surface area contributed by atoms with E-state index in [-0.39, 0.29) is 5.92 Å². The van der Waals surface area contributed by atoms with Crippen LogP contribution in [0.2, 0.25) is 0 Å². The summed E-state index contributed by atoms with van der Waals surface area (Å²) in [5.74, 6) is 0.581. The van der Waals surface area contributed by atoms with E-state index in [0.717, 1.165) is 30.4 Å². The van der Waals surface area contributed by atoms with Crippen molar-refractivity contribution in [3.05, 3.63) is 83.4 Å². The molecular formula is C24H24O. The van der Waals surface area contributed by atoms with E-state index in [9.17, 15) is 4.79 Å². The summed E-state index contributed by atoms with van der Waals surface area (Å²) in [7, 11) is 0. The van der Waals surface area contributed by atoms with Crippen LogP contribution in [0.3, 0.4) is 0 Å². The molecule has 0 amide bonds. The van der Waals surface area contributed by atoms with E-state index in [1.807, 2.05) is 12.1 Å². The van der Waals surface area contributed by atoms with Gasteiger partial charge in [0.05, 0.1) is 0 Å². The topological polar surface area (TPSA) is 17.1 Å². The van der Waals surface area contributed by atoms with Gasteiger partial charge in [-0.25, -0.2) is 0 Å². The van der Waals surface area contributed by atoms with Gasteiger partial charge in [0.15, 0.2) is 5.78 Å². The lowest BCUT2D eigenvalue weighted by atomic mass is 9.82. The Hall–Kier alpha value is -2.41. The molecule has 1 aliphatic carbocycles. The molecule has 1 nitrogen and oxygen atoms in total. The van der Waals surface area contributed by atoms with Crippen LogP contribution in [-0.2, 0) is 6.42 Å². The average Bonchev–Trinajstić information content (AvgIpc) is 2.69. The van der Waals surface area contributed by atoms with E-state index in [2.05, 4.69) is 54.6 Å². The predicted octanol–water partition coefficient (Wildman–Crippen LogP) is 6.19. The van der Waals surface area contributed by atoms with Crippen LogP contribution < -0.4 is 0 Å². The van der Waals surface area contributed by atoms with Crippen molar-refractivity contribution in [2.75, 3.05) is 0 Å². The molecule has 0 aliphatic heterocycles. The zero-order valence-corrected chi connectivity index (χ0v) is 14.6. The number of Topliss-reactive ketones (excluding diaryl/α,β-unsaturated/α-hetero) is 1. The van der Waals surface area contributed by atoms with Crippen LogP contribution in [0.15, 0.2) is 66.7 Å². The number of carbonyl (C=O) groups is 1. The molecule has 0 unspecified atom stereocenters. The monoisotopic (exact) mass is 328 g/mol. The van der Waals surface area contributed by atoms with Gasteiger partial charge >= 0.3 is 0 Å². The Morgan fingerprint density at radius 2 is 1.44 bits per heavy atom. The van der Waals surface area contributed by atoms with Crippen LogP contribution in [0, 0.1) is 5.92 Å². The fourth-order valence-corrected chi connectivity index (χ4v) is 4.15. The molecule has 0 saturated heterocycles. The second-order valence-electron chi connectivity index (χ2n) is 7.17. The molecule has 126 valence electrons. The van der Waals surface area contributed by atoms with E-state index in [0.29, 0.717) is 5.78 Å². The Kier molecular flexibility index (Phi) is 4.65. The summed E-state index contributed by atoms with van der Waals surface area (Å²) in [4.78, 5) is 13.1. The summed E-state index contributed by atoms with van der Waals surface area (Å²) < 4.78 is 0. The molecular weight excluding hydrogens is 304 g/mol. The third kappa shape index (κ3) is 3.37. The van der Waals surface area contributed by atoms with Crippen molar-refractivity contribution in [3.63, 3.8) is 0 Å². The first kappa shape index (κ1) is 16.1. The van der Waals surface area contributed by atoms with Gasteiger partial charge in [-0.1, -0.05) is 86.0 Å². The normalized spacial score (nSPS) is 15.4. The van der Waals surface area contributed by atoms with Crippen molar-refractivity contribution in [2.24, 2.45) is 5.92 Å². The fraction of sp³-hybridized carbons (Fsp3) is 0.292. The number of carbonyl (C=O) groups excluding carboxylic acids is 1. The Labute approximate surface area is 149 Å². The Morgan fingerprint density at radius 1 is 0.760 bits per heavy atom. The van der Waals surface area contributed by atoms with Crippen LogP contribution in [0.25, 0.3) is 10.8 Å². The van der Waals surface area contributed by atoms with Crippen LogP contribution in [0.5, 0.6) is 0 Å². The first-order valence-electron chi connectivity index (χ1n) is 9.42. The summed E-state index contributed by atoms with van der Waals surface area (Å²) in [6.45, 7) is 0. The van der Waals surface area contributed by atoms with E-state index in [1.54, 1.807) is 0 Å². The molecule has 1 saturated carbocycles. The maximum atomic E-state index is 13.1. The quantitative estimate of drug-likeness (QED) is 0.522. The molecule has 1 aliphatic rings. The Balaban J connectivity index is 1.68. The molecule has 1 heteroatoms. The SMILES string of the molecule is O=C(c1ccccc1Cc1cccc2ccccc12)C1CCCCC1. The van der Waals surface area contributed by atoms with Gasteiger partial charge in [0, 0.05) is 11.5 Å². The zero-order chi connectivity index (χ0) is 17.1.